The molecule has 9 aliphatic rings. The van der Waals surface area contributed by atoms with Crippen molar-refractivity contribution in [2.75, 3.05) is 26.9 Å². The zero-order valence-electron chi connectivity index (χ0n) is 50.1. The van der Waals surface area contributed by atoms with Crippen molar-refractivity contribution in [2.24, 2.45) is 39.4 Å². The van der Waals surface area contributed by atoms with E-state index in [9.17, 15) is 66.7 Å². The first-order chi connectivity index (χ1) is 39.9. The van der Waals surface area contributed by atoms with E-state index >= 15 is 0 Å². The molecule has 0 amide bonds. The number of allylic oxidation sites excluding steroid dienone is 3. The van der Waals surface area contributed by atoms with Crippen LogP contribution >= 0.6 is 0 Å². The molecule has 28 nitrogen and oxygen atoms in total. The van der Waals surface area contributed by atoms with Crippen LogP contribution in [0.4, 0.5) is 0 Å². The van der Waals surface area contributed by atoms with E-state index in [-0.39, 0.29) is 23.2 Å². The highest BCUT2D eigenvalue weighted by molar-refractivity contribution is 7.81. The van der Waals surface area contributed by atoms with E-state index in [2.05, 4.69) is 44.5 Å². The molecule has 30 heteroatoms. The number of esters is 2. The van der Waals surface area contributed by atoms with Crippen molar-refractivity contribution in [1.82, 2.24) is 0 Å². The van der Waals surface area contributed by atoms with Crippen LogP contribution in [-0.4, -0.2) is 228 Å². The fourth-order valence-corrected chi connectivity index (χ4v) is 18.0. The molecule has 5 saturated heterocycles. The minimum Gasteiger partial charge on any atom is -0.459 e. The average Bonchev–Trinajstić information content (AvgIpc) is 1.46. The van der Waals surface area contributed by atoms with Gasteiger partial charge in [-0.2, -0.15) is 16.8 Å². The van der Waals surface area contributed by atoms with Crippen LogP contribution in [0.1, 0.15) is 120 Å². The molecule has 5 heterocycles. The van der Waals surface area contributed by atoms with Crippen molar-refractivity contribution in [2.45, 2.75) is 248 Å². The van der Waals surface area contributed by atoms with Gasteiger partial charge >= 0.3 is 32.7 Å². The topological polar surface area (TPSA) is 404 Å². The van der Waals surface area contributed by atoms with Gasteiger partial charge in [0.05, 0.1) is 43.4 Å². The first-order valence-electron chi connectivity index (χ1n) is 29.4. The molecule has 0 aromatic rings. The summed E-state index contributed by atoms with van der Waals surface area (Å²) in [6.07, 6.45) is -24.2. The second-order valence-electron chi connectivity index (χ2n) is 26.8. The Bertz CT molecular complexity index is 2770. The number of aliphatic hydroxyl groups excluding tert-OH is 7. The zero-order valence-corrected chi connectivity index (χ0v) is 51.7. The van der Waals surface area contributed by atoms with Gasteiger partial charge in [0, 0.05) is 19.4 Å². The minimum atomic E-state index is -5.19. The summed E-state index contributed by atoms with van der Waals surface area (Å²) in [7, 11) is -9.11. The Labute approximate surface area is 500 Å². The molecule has 86 heavy (non-hydrogen) atoms. The van der Waals surface area contributed by atoms with Gasteiger partial charge < -0.3 is 87.9 Å². The van der Waals surface area contributed by atoms with Crippen LogP contribution in [0.3, 0.4) is 0 Å². The van der Waals surface area contributed by atoms with Gasteiger partial charge in [-0.25, -0.2) is 8.37 Å². The van der Waals surface area contributed by atoms with Gasteiger partial charge in [-0.15, -0.1) is 6.58 Å². The lowest BCUT2D eigenvalue weighted by Crippen LogP contribution is -2.65. The molecule has 3 saturated carbocycles. The van der Waals surface area contributed by atoms with Gasteiger partial charge in [0.1, 0.15) is 90.6 Å². The third-order valence-electron chi connectivity index (χ3n) is 20.8. The minimum absolute atomic E-state index is 0.00658. The molecule has 5 aliphatic heterocycles. The number of cyclic esters (lactones) is 1. The Kier molecular flexibility index (Phi) is 19.4. The highest BCUT2D eigenvalue weighted by Gasteiger charge is 2.82. The van der Waals surface area contributed by atoms with Gasteiger partial charge in [-0.3, -0.25) is 18.7 Å². The lowest BCUT2D eigenvalue weighted by atomic mass is 9.40. The van der Waals surface area contributed by atoms with Crippen LogP contribution in [0.2, 0.25) is 0 Å². The number of methoxy groups -OCH3 is 1. The number of carbonyl (C=O) groups is 2. The third kappa shape index (κ3) is 12.3. The standard InChI is InChI=1S/C56H88O28S2/c1-25(2)13-12-18-54(9)49-55(10,82-27(4)57)24-53(8)29-14-15-33-51(5,6)34(17-19-52(33,7)28(29)16-20-56(49,53)50(65)83-54)78-48-44(36(60)32(22-74-48)84-86(69,70)71)81-46-38(62)37(61)41(26(3)76-46)79-45-39(63)42(30(58)21-73-45)80-47-40(64)43(72-11)35(59)31(77-47)23-75-85(66,67)68/h14,26,28,30-49,58-64H,1,12-13,15-24H2,2-11H3,(H,66,67,68)(H,69,70,71)/t26?,28?,30?,31?,32?,33?,34?,35?,36?,37?,38?,39?,40?,41?,42?,43?,44?,45?,46?,47?,48?,49?,52?,53-,54-,55?,56?/m0/s1. The molecule has 9 N–H and O–H groups in total. The Balaban J connectivity index is 0.905. The largest absolute Gasteiger partial charge is 0.459 e. The maximum atomic E-state index is 14.8. The molecule has 8 fully saturated rings. The first kappa shape index (κ1) is 67.9. The van der Waals surface area contributed by atoms with Crippen molar-refractivity contribution in [3.63, 3.8) is 0 Å². The molecule has 0 aromatic carbocycles. The van der Waals surface area contributed by atoms with Crippen molar-refractivity contribution in [1.29, 1.82) is 0 Å². The Morgan fingerprint density at radius 2 is 1.38 bits per heavy atom. The average molecular weight is 1270 g/mol. The maximum Gasteiger partial charge on any atom is 0.397 e. The predicted octanol–water partition coefficient (Wildman–Crippen LogP) is 0.837. The second-order valence-corrected chi connectivity index (χ2v) is 28.9. The van der Waals surface area contributed by atoms with Gasteiger partial charge in [0.25, 0.3) is 0 Å². The number of hydrogen-bond donors (Lipinski definition) is 9. The van der Waals surface area contributed by atoms with Crippen LogP contribution in [0.5, 0.6) is 0 Å². The molecule has 492 valence electrons. The molecule has 0 radical (unpaired) electrons. The molecule has 4 aliphatic carbocycles. The highest BCUT2D eigenvalue weighted by Crippen LogP contribution is 2.79. The maximum absolute atomic E-state index is 14.8. The fourth-order valence-electron chi connectivity index (χ4n) is 17.3. The van der Waals surface area contributed by atoms with Crippen molar-refractivity contribution in [3.8, 4) is 0 Å². The van der Waals surface area contributed by atoms with Crippen LogP contribution in [0.25, 0.3) is 0 Å². The molecule has 1 spiro atoms. The summed E-state index contributed by atoms with van der Waals surface area (Å²) >= 11 is 0. The lowest BCUT2D eigenvalue weighted by Gasteiger charge is -2.63. The molecular formula is C56H88O28S2. The van der Waals surface area contributed by atoms with Crippen LogP contribution in [0, 0.1) is 39.4 Å². The van der Waals surface area contributed by atoms with Gasteiger partial charge in [0.2, 0.25) is 0 Å². The van der Waals surface area contributed by atoms with Crippen molar-refractivity contribution < 1.29 is 132 Å². The Morgan fingerprint density at radius 1 is 0.744 bits per heavy atom. The van der Waals surface area contributed by atoms with Crippen LogP contribution in [0.15, 0.2) is 23.8 Å². The molecule has 9 rings (SSSR count). The van der Waals surface area contributed by atoms with Crippen LogP contribution < -0.4 is 0 Å². The molecule has 0 aromatic heterocycles. The van der Waals surface area contributed by atoms with E-state index in [1.807, 2.05) is 20.8 Å². The lowest BCUT2D eigenvalue weighted by molar-refractivity contribution is -0.382. The summed E-state index contributed by atoms with van der Waals surface area (Å²) in [6, 6.07) is 0. The smallest absolute Gasteiger partial charge is 0.397 e. The fraction of sp³-hybridized carbons (Fsp3) is 0.893. The summed E-state index contributed by atoms with van der Waals surface area (Å²) in [6.45, 7) is 19.2. The summed E-state index contributed by atoms with van der Waals surface area (Å²) in [5.41, 5.74) is -2.44. The molecule has 27 atom stereocenters. The quantitative estimate of drug-likeness (QED) is 0.0491. The highest BCUT2D eigenvalue weighted by atomic mass is 32.3. The predicted molar refractivity (Wildman–Crippen MR) is 291 cm³/mol. The zero-order chi connectivity index (χ0) is 63.4. The summed E-state index contributed by atoms with van der Waals surface area (Å²) in [4.78, 5) is 27.8. The number of carbonyl (C=O) groups excluding carboxylic acids is 2. The van der Waals surface area contributed by atoms with E-state index in [1.54, 1.807) is 0 Å². The normalized spacial score (nSPS) is 48.5. The van der Waals surface area contributed by atoms with Crippen molar-refractivity contribution >= 4 is 32.7 Å². The molecule has 0 bridgehead atoms. The Morgan fingerprint density at radius 3 is 2.02 bits per heavy atom. The SMILES string of the molecule is C=C(C)CCC[C@]1(C)OC(=O)C23CCC4C(=CCC5C(C)(C)C(OC6OCC(OS(=O)(=O)O)C(O)C6OC6OC(C)C(OC7OCC(O)C(OC8OC(COS(=O)(=O)O)C(O)C(OC)C8O)C7O)C(O)C6O)CCC45C)[C@]2(C)CC(C)(OC(C)=O)C31. The van der Waals surface area contributed by atoms with E-state index in [1.165, 1.54) is 13.8 Å². The third-order valence-corrected chi connectivity index (χ3v) is 21.7. The van der Waals surface area contributed by atoms with E-state index in [0.717, 1.165) is 31.1 Å². The number of ether oxygens (including phenoxy) is 11. The van der Waals surface area contributed by atoms with Crippen molar-refractivity contribution in [3.05, 3.63) is 23.8 Å². The van der Waals surface area contributed by atoms with E-state index in [4.69, 9.17) is 60.8 Å². The summed E-state index contributed by atoms with van der Waals surface area (Å²) < 4.78 is 141. The summed E-state index contributed by atoms with van der Waals surface area (Å²) in [5.74, 6) is -1.15. The molecule has 25 unspecified atom stereocenters. The molecular weight excluding hydrogens is 1180 g/mol. The number of rotatable bonds is 19. The van der Waals surface area contributed by atoms with Gasteiger partial charge in [-0.05, 0) is 108 Å². The first-order valence-corrected chi connectivity index (χ1v) is 32.1. The van der Waals surface area contributed by atoms with Crippen LogP contribution in [-0.2, 0) is 90.9 Å². The summed E-state index contributed by atoms with van der Waals surface area (Å²) in [5, 5.41) is 79.2. The number of aliphatic hydroxyl groups is 7. The second kappa shape index (κ2) is 24.5. The number of fused-ring (bicyclic) bond motifs is 4. The van der Waals surface area contributed by atoms with E-state index < -0.39 is 197 Å². The van der Waals surface area contributed by atoms with E-state index in [0.29, 0.717) is 44.9 Å². The monoisotopic (exact) mass is 1270 g/mol. The van der Waals surface area contributed by atoms with Gasteiger partial charge in [-0.1, -0.05) is 44.9 Å². The van der Waals surface area contributed by atoms with Gasteiger partial charge in [0.15, 0.2) is 25.2 Å². The Hall–Kier alpha value is -2.48. The number of hydrogen-bond acceptors (Lipinski definition) is 26.